The summed E-state index contributed by atoms with van der Waals surface area (Å²) in [6, 6.07) is 6.35. The number of carbonyl (C=O) groups is 2. The van der Waals surface area contributed by atoms with Gasteiger partial charge in [-0.05, 0) is 68.9 Å². The van der Waals surface area contributed by atoms with Crippen molar-refractivity contribution in [2.45, 2.75) is 52.1 Å². The standard InChI is InChI=1S/C25H32N4O3/c1-25(2,3)32-24(31)27-11-13-29-12-5-6-19-20(15-26-16-22(19)29)17-7-9-21-18(14-17)8-10-23(30)28(21)4/h7,9,14-16H,5-6,8,10-13H2,1-4H3,(H,27,31). The van der Waals surface area contributed by atoms with Crippen LogP contribution in [0.3, 0.4) is 0 Å². The third-order valence-corrected chi connectivity index (χ3v) is 6.01. The summed E-state index contributed by atoms with van der Waals surface area (Å²) in [6.45, 7) is 7.73. The van der Waals surface area contributed by atoms with Crippen molar-refractivity contribution in [1.29, 1.82) is 0 Å². The topological polar surface area (TPSA) is 74.8 Å². The van der Waals surface area contributed by atoms with Crippen LogP contribution in [0.5, 0.6) is 0 Å². The van der Waals surface area contributed by atoms with E-state index in [-0.39, 0.29) is 12.0 Å². The number of aryl methyl sites for hydroxylation is 1. The molecule has 32 heavy (non-hydrogen) atoms. The van der Waals surface area contributed by atoms with Gasteiger partial charge in [0.15, 0.2) is 0 Å². The smallest absolute Gasteiger partial charge is 0.407 e. The van der Waals surface area contributed by atoms with Gasteiger partial charge in [-0.15, -0.1) is 0 Å². The molecule has 2 aliphatic rings. The zero-order valence-electron chi connectivity index (χ0n) is 19.4. The number of nitrogens with zero attached hydrogens (tertiary/aromatic N) is 3. The summed E-state index contributed by atoms with van der Waals surface area (Å²) in [6.07, 6.45) is 6.86. The molecule has 2 amide bonds. The molecule has 0 radical (unpaired) electrons. The van der Waals surface area contributed by atoms with Crippen LogP contribution in [0.25, 0.3) is 11.1 Å². The molecule has 0 fully saturated rings. The number of rotatable bonds is 4. The highest BCUT2D eigenvalue weighted by molar-refractivity contribution is 5.96. The highest BCUT2D eigenvalue weighted by atomic mass is 16.6. The van der Waals surface area contributed by atoms with Crippen LogP contribution in [0.2, 0.25) is 0 Å². The molecular weight excluding hydrogens is 404 g/mol. The minimum Gasteiger partial charge on any atom is -0.444 e. The van der Waals surface area contributed by atoms with E-state index in [9.17, 15) is 9.59 Å². The third-order valence-electron chi connectivity index (χ3n) is 6.01. The molecule has 0 unspecified atom stereocenters. The van der Waals surface area contributed by atoms with E-state index in [1.807, 2.05) is 46.3 Å². The lowest BCUT2D eigenvalue weighted by atomic mass is 9.91. The Morgan fingerprint density at radius 3 is 2.75 bits per heavy atom. The van der Waals surface area contributed by atoms with Gasteiger partial charge in [0, 0.05) is 50.6 Å². The van der Waals surface area contributed by atoms with E-state index in [1.165, 1.54) is 11.1 Å². The fourth-order valence-corrected chi connectivity index (χ4v) is 4.49. The van der Waals surface area contributed by atoms with Gasteiger partial charge in [0.2, 0.25) is 5.91 Å². The number of amides is 2. The number of fused-ring (bicyclic) bond motifs is 2. The minimum atomic E-state index is -0.502. The largest absolute Gasteiger partial charge is 0.444 e. The summed E-state index contributed by atoms with van der Waals surface area (Å²) in [5, 5.41) is 2.85. The number of pyridine rings is 1. The molecule has 170 valence electrons. The number of carbonyl (C=O) groups excluding carboxylic acids is 2. The molecule has 4 rings (SSSR count). The van der Waals surface area contributed by atoms with Crippen LogP contribution in [0.4, 0.5) is 16.2 Å². The second kappa shape index (κ2) is 8.81. The number of aromatic nitrogens is 1. The number of nitrogens with one attached hydrogen (secondary N) is 1. The van der Waals surface area contributed by atoms with E-state index in [2.05, 4.69) is 27.3 Å². The normalized spacial score (nSPS) is 15.8. The van der Waals surface area contributed by atoms with E-state index in [4.69, 9.17) is 4.74 Å². The van der Waals surface area contributed by atoms with Gasteiger partial charge in [-0.2, -0.15) is 0 Å². The van der Waals surface area contributed by atoms with Gasteiger partial charge in [-0.1, -0.05) is 6.07 Å². The number of benzene rings is 1. The van der Waals surface area contributed by atoms with Gasteiger partial charge < -0.3 is 19.9 Å². The summed E-state index contributed by atoms with van der Waals surface area (Å²) in [5.41, 5.74) is 6.42. The van der Waals surface area contributed by atoms with Crippen molar-refractivity contribution in [2.75, 3.05) is 36.5 Å². The Morgan fingerprint density at radius 1 is 1.16 bits per heavy atom. The molecule has 7 heteroatoms. The first-order valence-corrected chi connectivity index (χ1v) is 11.3. The maximum Gasteiger partial charge on any atom is 0.407 e. The van der Waals surface area contributed by atoms with E-state index in [0.717, 1.165) is 48.3 Å². The highest BCUT2D eigenvalue weighted by Gasteiger charge is 2.24. The monoisotopic (exact) mass is 436 g/mol. The molecule has 3 heterocycles. The average Bonchev–Trinajstić information content (AvgIpc) is 2.74. The van der Waals surface area contributed by atoms with Crippen molar-refractivity contribution in [1.82, 2.24) is 10.3 Å². The van der Waals surface area contributed by atoms with Gasteiger partial charge >= 0.3 is 6.09 Å². The lowest BCUT2D eigenvalue weighted by Crippen LogP contribution is -2.39. The van der Waals surface area contributed by atoms with Gasteiger partial charge in [0.25, 0.3) is 0 Å². The summed E-state index contributed by atoms with van der Waals surface area (Å²) < 4.78 is 5.33. The van der Waals surface area contributed by atoms with Crippen molar-refractivity contribution in [3.8, 4) is 11.1 Å². The fraction of sp³-hybridized carbons (Fsp3) is 0.480. The maximum atomic E-state index is 12.0. The quantitative estimate of drug-likeness (QED) is 0.786. The molecule has 7 nitrogen and oxygen atoms in total. The molecule has 0 saturated heterocycles. The second-order valence-electron chi connectivity index (χ2n) is 9.50. The number of anilines is 2. The SMILES string of the molecule is CN1C(=O)CCc2cc(-c3cncc4c3CCCN4CCNC(=O)OC(C)(C)C)ccc21. The van der Waals surface area contributed by atoms with E-state index in [0.29, 0.717) is 19.5 Å². The second-order valence-corrected chi connectivity index (χ2v) is 9.50. The fourth-order valence-electron chi connectivity index (χ4n) is 4.49. The molecule has 0 atom stereocenters. The molecule has 1 N–H and O–H groups in total. The summed E-state index contributed by atoms with van der Waals surface area (Å²) in [5.74, 6) is 0.166. The Balaban J connectivity index is 1.52. The Bertz CT molecular complexity index is 1030. The first-order valence-electron chi connectivity index (χ1n) is 11.3. The first kappa shape index (κ1) is 22.1. The molecule has 1 aromatic carbocycles. The Kier molecular flexibility index (Phi) is 6.09. The van der Waals surface area contributed by atoms with Crippen LogP contribution >= 0.6 is 0 Å². The lowest BCUT2D eigenvalue weighted by Gasteiger charge is -2.32. The molecule has 0 aliphatic carbocycles. The number of hydrogen-bond donors (Lipinski definition) is 1. The first-order chi connectivity index (χ1) is 15.2. The van der Waals surface area contributed by atoms with Crippen molar-refractivity contribution in [3.63, 3.8) is 0 Å². The van der Waals surface area contributed by atoms with Crippen LogP contribution in [-0.4, -0.2) is 49.3 Å². The zero-order valence-corrected chi connectivity index (χ0v) is 19.4. The maximum absolute atomic E-state index is 12.0. The molecule has 0 spiro atoms. The summed E-state index contributed by atoms with van der Waals surface area (Å²) in [4.78, 5) is 32.5. The predicted octanol–water partition coefficient (Wildman–Crippen LogP) is 3.93. The van der Waals surface area contributed by atoms with Crippen LogP contribution < -0.4 is 15.1 Å². The Labute approximate surface area is 189 Å². The predicted molar refractivity (Wildman–Crippen MR) is 126 cm³/mol. The molecule has 1 aromatic heterocycles. The summed E-state index contributed by atoms with van der Waals surface area (Å²) in [7, 11) is 1.84. The van der Waals surface area contributed by atoms with Crippen LogP contribution in [0, 0.1) is 0 Å². The molecule has 2 aromatic rings. The van der Waals surface area contributed by atoms with Crippen LogP contribution in [-0.2, 0) is 22.4 Å². The Hall–Kier alpha value is -3.09. The van der Waals surface area contributed by atoms with Gasteiger partial charge in [-0.3, -0.25) is 9.78 Å². The number of hydrogen-bond acceptors (Lipinski definition) is 5. The zero-order chi connectivity index (χ0) is 22.9. The van der Waals surface area contributed by atoms with E-state index >= 15 is 0 Å². The van der Waals surface area contributed by atoms with E-state index < -0.39 is 5.60 Å². The highest BCUT2D eigenvalue weighted by Crippen LogP contribution is 2.37. The van der Waals surface area contributed by atoms with Crippen LogP contribution in [0.15, 0.2) is 30.6 Å². The molecular formula is C25H32N4O3. The third kappa shape index (κ3) is 4.71. The average molecular weight is 437 g/mol. The van der Waals surface area contributed by atoms with Crippen molar-refractivity contribution in [3.05, 3.63) is 41.7 Å². The van der Waals surface area contributed by atoms with E-state index in [1.54, 1.807) is 4.90 Å². The van der Waals surface area contributed by atoms with Crippen molar-refractivity contribution < 1.29 is 14.3 Å². The molecule has 0 bridgehead atoms. The summed E-state index contributed by atoms with van der Waals surface area (Å²) >= 11 is 0. The number of ether oxygens (including phenoxy) is 1. The molecule has 2 aliphatic heterocycles. The minimum absolute atomic E-state index is 0.166. The molecule has 0 saturated carbocycles. The van der Waals surface area contributed by atoms with Crippen molar-refractivity contribution in [2.24, 2.45) is 0 Å². The van der Waals surface area contributed by atoms with Crippen LogP contribution in [0.1, 0.15) is 44.7 Å². The van der Waals surface area contributed by atoms with Crippen molar-refractivity contribution >= 4 is 23.4 Å². The lowest BCUT2D eigenvalue weighted by molar-refractivity contribution is -0.118. The van der Waals surface area contributed by atoms with Gasteiger partial charge in [-0.25, -0.2) is 4.79 Å². The Morgan fingerprint density at radius 2 is 1.97 bits per heavy atom. The number of alkyl carbamates (subject to hydrolysis) is 1. The van der Waals surface area contributed by atoms with Gasteiger partial charge in [0.05, 0.1) is 11.9 Å². The van der Waals surface area contributed by atoms with Gasteiger partial charge in [0.1, 0.15) is 5.60 Å².